The number of allylic oxidation sites excluding steroid dienone is 1. The number of carbonyl (C=O) groups is 1. The minimum Gasteiger partial charge on any atom is -0.493 e. The van der Waals surface area contributed by atoms with Gasteiger partial charge in [0.05, 0.1) is 13.7 Å². The molecular weight excluding hydrogens is 347 g/mol. The number of aromatic amines is 1. The summed E-state index contributed by atoms with van der Waals surface area (Å²) in [6.07, 6.45) is 2.97. The van der Waals surface area contributed by atoms with Crippen LogP contribution >= 0.6 is 0 Å². The molecule has 1 aromatic heterocycles. The molecule has 3 aromatic rings. The van der Waals surface area contributed by atoms with Gasteiger partial charge >= 0.3 is 0 Å². The first-order valence-electron chi connectivity index (χ1n) is 8.31. The van der Waals surface area contributed by atoms with Crippen LogP contribution in [0.4, 0.5) is 4.39 Å². The molecule has 0 bridgehead atoms. The number of nitrogens with zero attached hydrogens (tertiary/aromatic N) is 1. The van der Waals surface area contributed by atoms with Gasteiger partial charge in [-0.25, -0.2) is 4.39 Å². The molecule has 0 aliphatic carbocycles. The third-order valence-corrected chi connectivity index (χ3v) is 4.05. The van der Waals surface area contributed by atoms with Crippen molar-refractivity contribution in [2.45, 2.75) is 6.92 Å². The molecule has 0 saturated carbocycles. The number of carbonyl (C=O) groups excluding carboxylic acids is 1. The minimum absolute atomic E-state index is 0.0357. The summed E-state index contributed by atoms with van der Waals surface area (Å²) in [5.74, 6) is 0.252. The molecule has 3 rings (SSSR count). The van der Waals surface area contributed by atoms with E-state index in [9.17, 15) is 14.4 Å². The highest BCUT2D eigenvalue weighted by Gasteiger charge is 2.17. The van der Waals surface area contributed by atoms with Crippen LogP contribution in [0.25, 0.3) is 17.0 Å². The van der Waals surface area contributed by atoms with Crippen molar-refractivity contribution in [1.29, 1.82) is 5.26 Å². The molecule has 136 valence electrons. The first-order chi connectivity index (χ1) is 13.1. The van der Waals surface area contributed by atoms with E-state index in [-0.39, 0.29) is 5.57 Å². The van der Waals surface area contributed by atoms with Crippen LogP contribution in [-0.4, -0.2) is 24.5 Å². The quantitative estimate of drug-likeness (QED) is 0.397. The SMILES string of the molecule is CCOc1ccc(/C=C(\C#N)C(=O)c2c[nH]c3cc(F)ccc23)cc1OC. The normalized spacial score (nSPS) is 11.3. The molecule has 6 heteroatoms. The first kappa shape index (κ1) is 18.2. The van der Waals surface area contributed by atoms with E-state index in [1.807, 2.05) is 13.0 Å². The molecule has 1 N–H and O–H groups in total. The Morgan fingerprint density at radius 3 is 2.78 bits per heavy atom. The maximum atomic E-state index is 13.3. The molecule has 0 aliphatic heterocycles. The van der Waals surface area contributed by atoms with Gasteiger partial charge in [0.25, 0.3) is 0 Å². The van der Waals surface area contributed by atoms with Crippen LogP contribution in [0.1, 0.15) is 22.8 Å². The van der Waals surface area contributed by atoms with E-state index in [1.165, 1.54) is 37.6 Å². The number of methoxy groups -OCH3 is 1. The number of nitrogens with one attached hydrogen (secondary N) is 1. The maximum absolute atomic E-state index is 13.3. The van der Waals surface area contributed by atoms with Crippen LogP contribution in [0.3, 0.4) is 0 Å². The van der Waals surface area contributed by atoms with Gasteiger partial charge < -0.3 is 14.5 Å². The van der Waals surface area contributed by atoms with Crippen LogP contribution in [0.5, 0.6) is 11.5 Å². The largest absolute Gasteiger partial charge is 0.493 e. The average Bonchev–Trinajstić information content (AvgIpc) is 3.09. The third kappa shape index (κ3) is 3.67. The van der Waals surface area contributed by atoms with Gasteiger partial charge in [0.15, 0.2) is 11.5 Å². The van der Waals surface area contributed by atoms with Crippen molar-refractivity contribution in [3.05, 3.63) is 65.1 Å². The van der Waals surface area contributed by atoms with Gasteiger partial charge in [0.1, 0.15) is 17.5 Å². The molecule has 0 spiro atoms. The highest BCUT2D eigenvalue weighted by atomic mass is 19.1. The first-order valence-corrected chi connectivity index (χ1v) is 8.31. The molecule has 0 fully saturated rings. The summed E-state index contributed by atoms with van der Waals surface area (Å²) >= 11 is 0. The Kier molecular flexibility index (Phi) is 5.23. The zero-order valence-electron chi connectivity index (χ0n) is 14.9. The minimum atomic E-state index is -0.441. The number of benzene rings is 2. The highest BCUT2D eigenvalue weighted by Crippen LogP contribution is 2.29. The zero-order chi connectivity index (χ0) is 19.4. The number of aromatic nitrogens is 1. The van der Waals surface area contributed by atoms with Crippen LogP contribution < -0.4 is 9.47 Å². The lowest BCUT2D eigenvalue weighted by Crippen LogP contribution is -2.01. The van der Waals surface area contributed by atoms with Gasteiger partial charge in [-0.15, -0.1) is 0 Å². The van der Waals surface area contributed by atoms with Gasteiger partial charge in [0.2, 0.25) is 5.78 Å². The van der Waals surface area contributed by atoms with E-state index < -0.39 is 11.6 Å². The molecule has 0 unspecified atom stereocenters. The van der Waals surface area contributed by atoms with Crippen molar-refractivity contribution < 1.29 is 18.7 Å². The summed E-state index contributed by atoms with van der Waals surface area (Å²) in [6.45, 7) is 2.36. The van der Waals surface area contributed by atoms with Gasteiger partial charge in [-0.1, -0.05) is 6.07 Å². The Bertz CT molecular complexity index is 1080. The van der Waals surface area contributed by atoms with Crippen molar-refractivity contribution in [2.75, 3.05) is 13.7 Å². The molecule has 0 amide bonds. The Morgan fingerprint density at radius 2 is 2.07 bits per heavy atom. The van der Waals surface area contributed by atoms with Crippen molar-refractivity contribution in [1.82, 2.24) is 4.98 Å². The predicted molar refractivity (Wildman–Crippen MR) is 100 cm³/mol. The van der Waals surface area contributed by atoms with Crippen LogP contribution in [-0.2, 0) is 0 Å². The topological polar surface area (TPSA) is 75.1 Å². The second-order valence-corrected chi connectivity index (χ2v) is 5.73. The number of Topliss-reactive ketones (excluding diaryl/α,β-unsaturated/α-hetero) is 1. The van der Waals surface area contributed by atoms with E-state index in [2.05, 4.69) is 4.98 Å². The number of H-pyrrole nitrogens is 1. The average molecular weight is 364 g/mol. The molecule has 2 aromatic carbocycles. The molecule has 0 aliphatic rings. The standard InChI is InChI=1S/C21H17FN2O3/c1-3-27-19-7-4-13(9-20(19)26-2)8-14(11-23)21(25)17-12-24-18-10-15(22)5-6-16(17)18/h4-10,12,24H,3H2,1-2H3/b14-8+. The van der Waals surface area contributed by atoms with Crippen molar-refractivity contribution >= 4 is 22.8 Å². The fraction of sp³-hybridized carbons (Fsp3) is 0.143. The summed E-state index contributed by atoms with van der Waals surface area (Å²) in [5.41, 5.74) is 1.41. The number of ether oxygens (including phenoxy) is 2. The number of hydrogen-bond donors (Lipinski definition) is 1. The fourth-order valence-corrected chi connectivity index (χ4v) is 2.80. The van der Waals surface area contributed by atoms with E-state index in [0.717, 1.165) is 0 Å². The summed E-state index contributed by atoms with van der Waals surface area (Å²) in [6, 6.07) is 11.2. The summed E-state index contributed by atoms with van der Waals surface area (Å²) in [4.78, 5) is 15.7. The summed E-state index contributed by atoms with van der Waals surface area (Å²) in [5, 5.41) is 10.0. The Balaban J connectivity index is 1.98. The monoisotopic (exact) mass is 364 g/mol. The molecule has 27 heavy (non-hydrogen) atoms. The lowest BCUT2D eigenvalue weighted by atomic mass is 10.0. The lowest BCUT2D eigenvalue weighted by molar-refractivity contribution is 0.104. The molecule has 0 atom stereocenters. The Morgan fingerprint density at radius 1 is 1.26 bits per heavy atom. The van der Waals surface area contributed by atoms with Gasteiger partial charge in [-0.2, -0.15) is 5.26 Å². The van der Waals surface area contributed by atoms with Crippen molar-refractivity contribution in [3.63, 3.8) is 0 Å². The fourth-order valence-electron chi connectivity index (χ4n) is 2.80. The van der Waals surface area contributed by atoms with E-state index in [0.29, 0.717) is 40.1 Å². The molecule has 1 heterocycles. The number of fused-ring (bicyclic) bond motifs is 1. The number of hydrogen-bond acceptors (Lipinski definition) is 4. The van der Waals surface area contributed by atoms with Crippen LogP contribution in [0.2, 0.25) is 0 Å². The molecule has 5 nitrogen and oxygen atoms in total. The Labute approximate surface area is 155 Å². The predicted octanol–water partition coefficient (Wildman–Crippen LogP) is 4.50. The summed E-state index contributed by atoms with van der Waals surface area (Å²) in [7, 11) is 1.52. The lowest BCUT2D eigenvalue weighted by Gasteiger charge is -2.09. The molecular formula is C21H17FN2O3. The van der Waals surface area contributed by atoms with Gasteiger partial charge in [0, 0.05) is 22.7 Å². The second kappa shape index (κ2) is 7.75. The van der Waals surface area contributed by atoms with Crippen LogP contribution in [0, 0.1) is 17.1 Å². The number of ketones is 1. The number of rotatable bonds is 6. The summed E-state index contributed by atoms with van der Waals surface area (Å²) < 4.78 is 24.1. The van der Waals surface area contributed by atoms with E-state index >= 15 is 0 Å². The van der Waals surface area contributed by atoms with Gasteiger partial charge in [-0.05, 0) is 48.9 Å². The van der Waals surface area contributed by atoms with Crippen molar-refractivity contribution in [2.24, 2.45) is 0 Å². The smallest absolute Gasteiger partial charge is 0.205 e. The Hall–Kier alpha value is -3.59. The maximum Gasteiger partial charge on any atom is 0.205 e. The number of halogens is 1. The third-order valence-electron chi connectivity index (χ3n) is 4.05. The second-order valence-electron chi connectivity index (χ2n) is 5.73. The van der Waals surface area contributed by atoms with E-state index in [4.69, 9.17) is 9.47 Å². The molecule has 0 radical (unpaired) electrons. The zero-order valence-corrected chi connectivity index (χ0v) is 14.9. The van der Waals surface area contributed by atoms with Crippen molar-refractivity contribution in [3.8, 4) is 17.6 Å². The van der Waals surface area contributed by atoms with Gasteiger partial charge in [-0.3, -0.25) is 4.79 Å². The van der Waals surface area contributed by atoms with Crippen LogP contribution in [0.15, 0.2) is 48.2 Å². The number of nitriles is 1. The van der Waals surface area contributed by atoms with E-state index in [1.54, 1.807) is 18.2 Å². The molecule has 0 saturated heterocycles. The highest BCUT2D eigenvalue weighted by molar-refractivity contribution is 6.19.